The summed E-state index contributed by atoms with van der Waals surface area (Å²) in [6.07, 6.45) is -0.446. The molecule has 1 amide bonds. The van der Waals surface area contributed by atoms with Gasteiger partial charge in [0.15, 0.2) is 5.96 Å². The molecular formula is C19H32N4O3. The van der Waals surface area contributed by atoms with Crippen molar-refractivity contribution in [3.05, 3.63) is 29.8 Å². The fourth-order valence-electron chi connectivity index (χ4n) is 2.01. The summed E-state index contributed by atoms with van der Waals surface area (Å²) in [5.41, 5.74) is 0.704. The first-order valence-electron chi connectivity index (χ1n) is 8.84. The fraction of sp³-hybridized carbons (Fsp3) is 0.579. The standard InChI is InChI=1S/C19H32N4O3/c1-14-7-9-16(10-8-14)25-15(2)13-23-17(20-6)21-11-12-22-18(24)26-19(3,4)5/h7-10,15H,11-13H2,1-6H3,(H,22,24)(H2,20,21,23). The summed E-state index contributed by atoms with van der Waals surface area (Å²) in [6, 6.07) is 7.96. The van der Waals surface area contributed by atoms with Crippen molar-refractivity contribution in [2.75, 3.05) is 26.7 Å². The predicted octanol–water partition coefficient (Wildman–Crippen LogP) is 2.45. The van der Waals surface area contributed by atoms with Crippen LogP contribution >= 0.6 is 0 Å². The predicted molar refractivity (Wildman–Crippen MR) is 105 cm³/mol. The van der Waals surface area contributed by atoms with Gasteiger partial charge in [0, 0.05) is 20.1 Å². The zero-order valence-electron chi connectivity index (χ0n) is 16.7. The molecule has 0 saturated carbocycles. The first-order chi connectivity index (χ1) is 12.2. The highest BCUT2D eigenvalue weighted by atomic mass is 16.6. The number of guanidine groups is 1. The number of alkyl carbamates (subject to hydrolysis) is 1. The van der Waals surface area contributed by atoms with Crippen molar-refractivity contribution in [1.29, 1.82) is 0 Å². The number of nitrogens with one attached hydrogen (secondary N) is 3. The molecule has 1 atom stereocenters. The molecule has 7 heteroatoms. The van der Waals surface area contributed by atoms with E-state index in [1.54, 1.807) is 7.05 Å². The molecule has 0 spiro atoms. The van der Waals surface area contributed by atoms with Gasteiger partial charge in [0.2, 0.25) is 0 Å². The summed E-state index contributed by atoms with van der Waals surface area (Å²) in [5.74, 6) is 1.49. The van der Waals surface area contributed by atoms with Gasteiger partial charge < -0.3 is 25.4 Å². The van der Waals surface area contributed by atoms with Crippen molar-refractivity contribution in [2.45, 2.75) is 46.3 Å². The lowest BCUT2D eigenvalue weighted by molar-refractivity contribution is 0.0529. The van der Waals surface area contributed by atoms with Crippen LogP contribution in [0.3, 0.4) is 0 Å². The Hall–Kier alpha value is -2.44. The lowest BCUT2D eigenvalue weighted by atomic mass is 10.2. The highest BCUT2D eigenvalue weighted by molar-refractivity contribution is 5.79. The van der Waals surface area contributed by atoms with Crippen LogP contribution in [0.15, 0.2) is 29.3 Å². The van der Waals surface area contributed by atoms with Gasteiger partial charge in [-0.15, -0.1) is 0 Å². The number of hydrogen-bond acceptors (Lipinski definition) is 4. The van der Waals surface area contributed by atoms with Crippen molar-refractivity contribution in [2.24, 2.45) is 4.99 Å². The van der Waals surface area contributed by atoms with Gasteiger partial charge in [-0.05, 0) is 46.8 Å². The molecular weight excluding hydrogens is 332 g/mol. The fourth-order valence-corrected chi connectivity index (χ4v) is 2.01. The minimum absolute atomic E-state index is 0.0175. The molecule has 0 aliphatic heterocycles. The molecule has 0 saturated heterocycles. The van der Waals surface area contributed by atoms with E-state index < -0.39 is 11.7 Å². The van der Waals surface area contributed by atoms with E-state index in [1.807, 2.05) is 58.9 Å². The van der Waals surface area contributed by atoms with Gasteiger partial charge in [0.1, 0.15) is 17.5 Å². The summed E-state index contributed by atoms with van der Waals surface area (Å²) >= 11 is 0. The molecule has 7 nitrogen and oxygen atoms in total. The number of hydrogen-bond donors (Lipinski definition) is 3. The molecule has 1 aromatic carbocycles. The number of rotatable bonds is 7. The Kier molecular flexibility index (Phi) is 8.75. The molecule has 1 unspecified atom stereocenters. The van der Waals surface area contributed by atoms with E-state index in [2.05, 4.69) is 20.9 Å². The number of amides is 1. The number of ether oxygens (including phenoxy) is 2. The van der Waals surface area contributed by atoms with E-state index in [0.717, 1.165) is 5.75 Å². The van der Waals surface area contributed by atoms with E-state index in [9.17, 15) is 4.79 Å². The van der Waals surface area contributed by atoms with Crippen molar-refractivity contribution >= 4 is 12.1 Å². The highest BCUT2D eigenvalue weighted by Crippen LogP contribution is 2.12. The molecule has 0 fully saturated rings. The Balaban J connectivity index is 2.24. The maximum absolute atomic E-state index is 11.6. The number of carbonyl (C=O) groups is 1. The van der Waals surface area contributed by atoms with Crippen LogP contribution < -0.4 is 20.7 Å². The summed E-state index contributed by atoms with van der Waals surface area (Å²) in [6.45, 7) is 11.1. The van der Waals surface area contributed by atoms with Crippen LogP contribution in [0.25, 0.3) is 0 Å². The number of nitrogens with zero attached hydrogens (tertiary/aromatic N) is 1. The van der Waals surface area contributed by atoms with E-state index in [1.165, 1.54) is 5.56 Å². The van der Waals surface area contributed by atoms with Crippen LogP contribution in [-0.4, -0.2) is 50.4 Å². The molecule has 0 radical (unpaired) electrons. The lowest BCUT2D eigenvalue weighted by Crippen LogP contribution is -2.44. The molecule has 1 aromatic rings. The average molecular weight is 364 g/mol. The van der Waals surface area contributed by atoms with Crippen LogP contribution in [0.4, 0.5) is 4.79 Å². The second kappa shape index (κ2) is 10.5. The number of aryl methyl sites for hydroxylation is 1. The Morgan fingerprint density at radius 1 is 1.12 bits per heavy atom. The molecule has 0 heterocycles. The van der Waals surface area contributed by atoms with Crippen LogP contribution in [-0.2, 0) is 4.74 Å². The molecule has 1 rings (SSSR count). The summed E-state index contributed by atoms with van der Waals surface area (Å²) < 4.78 is 11.0. The SMILES string of the molecule is CN=C(NCCNC(=O)OC(C)(C)C)NCC(C)Oc1ccc(C)cc1. The van der Waals surface area contributed by atoms with Gasteiger partial charge in [0.25, 0.3) is 0 Å². The summed E-state index contributed by atoms with van der Waals surface area (Å²) in [7, 11) is 1.70. The quantitative estimate of drug-likeness (QED) is 0.393. The normalized spacial score (nSPS) is 12.9. The maximum Gasteiger partial charge on any atom is 0.407 e. The van der Waals surface area contributed by atoms with Crippen LogP contribution in [0.1, 0.15) is 33.3 Å². The Bertz CT molecular complexity index is 579. The second-order valence-electron chi connectivity index (χ2n) is 7.05. The van der Waals surface area contributed by atoms with E-state index >= 15 is 0 Å². The molecule has 0 aliphatic rings. The molecule has 146 valence electrons. The van der Waals surface area contributed by atoms with Crippen molar-refractivity contribution in [3.8, 4) is 5.75 Å². The summed E-state index contributed by atoms with van der Waals surface area (Å²) in [5, 5.41) is 9.01. The third-order valence-corrected chi connectivity index (χ3v) is 3.22. The minimum Gasteiger partial charge on any atom is -0.489 e. The van der Waals surface area contributed by atoms with Gasteiger partial charge in [-0.25, -0.2) is 4.79 Å². The molecule has 0 aromatic heterocycles. The lowest BCUT2D eigenvalue weighted by Gasteiger charge is -2.20. The van der Waals surface area contributed by atoms with E-state index in [0.29, 0.717) is 25.6 Å². The average Bonchev–Trinajstić information content (AvgIpc) is 2.54. The Morgan fingerprint density at radius 2 is 1.73 bits per heavy atom. The Morgan fingerprint density at radius 3 is 2.31 bits per heavy atom. The largest absolute Gasteiger partial charge is 0.489 e. The van der Waals surface area contributed by atoms with Gasteiger partial charge in [-0.2, -0.15) is 0 Å². The molecule has 3 N–H and O–H groups in total. The van der Waals surface area contributed by atoms with Crippen molar-refractivity contribution in [1.82, 2.24) is 16.0 Å². The van der Waals surface area contributed by atoms with Crippen LogP contribution in [0.2, 0.25) is 0 Å². The third-order valence-electron chi connectivity index (χ3n) is 3.22. The maximum atomic E-state index is 11.6. The molecule has 0 bridgehead atoms. The molecule has 0 aliphatic carbocycles. The van der Waals surface area contributed by atoms with Crippen molar-refractivity contribution in [3.63, 3.8) is 0 Å². The highest BCUT2D eigenvalue weighted by Gasteiger charge is 2.15. The van der Waals surface area contributed by atoms with Crippen molar-refractivity contribution < 1.29 is 14.3 Å². The number of benzene rings is 1. The van der Waals surface area contributed by atoms with Gasteiger partial charge in [-0.3, -0.25) is 4.99 Å². The number of carbonyl (C=O) groups excluding carboxylic acids is 1. The van der Waals surface area contributed by atoms with Crippen LogP contribution in [0.5, 0.6) is 5.75 Å². The smallest absolute Gasteiger partial charge is 0.407 e. The van der Waals surface area contributed by atoms with Gasteiger partial charge >= 0.3 is 6.09 Å². The first-order valence-corrected chi connectivity index (χ1v) is 8.84. The van der Waals surface area contributed by atoms with Gasteiger partial charge in [-0.1, -0.05) is 17.7 Å². The first kappa shape index (κ1) is 21.6. The zero-order valence-corrected chi connectivity index (χ0v) is 16.7. The van der Waals surface area contributed by atoms with E-state index in [4.69, 9.17) is 9.47 Å². The molecule has 26 heavy (non-hydrogen) atoms. The monoisotopic (exact) mass is 364 g/mol. The zero-order chi connectivity index (χ0) is 19.6. The topological polar surface area (TPSA) is 84.0 Å². The van der Waals surface area contributed by atoms with E-state index in [-0.39, 0.29) is 6.10 Å². The summed E-state index contributed by atoms with van der Waals surface area (Å²) in [4.78, 5) is 15.7. The Labute approximate surface area is 156 Å². The number of aliphatic imine (C=N–C) groups is 1. The second-order valence-corrected chi connectivity index (χ2v) is 7.05. The van der Waals surface area contributed by atoms with Crippen LogP contribution in [0, 0.1) is 6.92 Å². The minimum atomic E-state index is -0.497. The van der Waals surface area contributed by atoms with Gasteiger partial charge in [0.05, 0.1) is 6.54 Å². The third kappa shape index (κ3) is 9.76.